The van der Waals surface area contributed by atoms with Gasteiger partial charge in [-0.05, 0) is 118 Å². The molecule has 28 heteroatoms. The van der Waals surface area contributed by atoms with E-state index in [0.717, 1.165) is 10.8 Å². The molecule has 0 unspecified atom stereocenters. The molecule has 3 aromatic rings. The molecule has 8 atom stereocenters. The van der Waals surface area contributed by atoms with Crippen LogP contribution in [0.4, 0.5) is 0 Å². The number of unbranched alkanes of at least 4 members (excludes halogenated alkanes) is 1. The number of fused-ring (bicyclic) bond motifs is 1. The minimum absolute atomic E-state index is 0.0265. The van der Waals surface area contributed by atoms with Gasteiger partial charge in [-0.2, -0.15) is 0 Å². The second-order valence-electron chi connectivity index (χ2n) is 20.1. The molecule has 0 bridgehead atoms. The van der Waals surface area contributed by atoms with Gasteiger partial charge in [0.1, 0.15) is 48.0 Å². The quantitative estimate of drug-likeness (QED) is 0.0160. The number of nitrogens with two attached hydrogens (primary N) is 8. The normalized spacial score (nSPS) is 15.4. The third-order valence-electron chi connectivity index (χ3n) is 13.5. The van der Waals surface area contributed by atoms with E-state index in [1.807, 2.05) is 42.5 Å². The molecular weight excluding hydrogens is 1060 g/mol. The Hall–Kier alpha value is -8.79. The zero-order valence-corrected chi connectivity index (χ0v) is 46.3. The number of hydrogen-bond donors (Lipinski definition) is 16. The standard InChI is InChI=1S/C54H82N18O10/c1-31(44(74)69-40(51(81)82)15-8-26-65-54(61)62)66-47(77)41(29-32-18-21-36(73)22-19-32)71-49(79)43-16-9-27-72(43)50(80)39(13-4-5-23-55)68-48(78)42(30-33-17-20-34-10-2-3-11-35(34)28-33)70-46(76)38(14-7-25-64-53(59)60)67-45(75)37(56)12-6-24-63-52(57)58/h2-3,10-11,17-22,28,31,37-43,73H,4-9,12-16,23-27,29-30,55-56H2,1H3,(H,66,77)(H,67,75)(H,68,78)(H,69,74)(H,70,76)(H,71,79)(H,81,82)(H4,57,58,63)(H4,59,60,64)(H4,61,62,65)/t31-,37-,38-,39+,40-,41-,42-,43-/m0/s1. The number of rotatable bonds is 34. The van der Waals surface area contributed by atoms with Crippen LogP contribution in [0, 0.1) is 0 Å². The molecule has 24 N–H and O–H groups in total. The van der Waals surface area contributed by atoms with E-state index >= 15 is 0 Å². The molecular formula is C54H82N18O10. The Labute approximate surface area is 475 Å². The smallest absolute Gasteiger partial charge is 0.326 e. The van der Waals surface area contributed by atoms with Crippen molar-refractivity contribution in [2.24, 2.45) is 60.8 Å². The molecule has 1 aliphatic rings. The van der Waals surface area contributed by atoms with Crippen molar-refractivity contribution in [3.8, 4) is 5.75 Å². The van der Waals surface area contributed by atoms with Crippen LogP contribution in [0.2, 0.25) is 0 Å². The van der Waals surface area contributed by atoms with Crippen molar-refractivity contribution in [1.29, 1.82) is 0 Å². The van der Waals surface area contributed by atoms with Gasteiger partial charge in [-0.3, -0.25) is 48.5 Å². The van der Waals surface area contributed by atoms with E-state index in [0.29, 0.717) is 36.8 Å². The van der Waals surface area contributed by atoms with Crippen molar-refractivity contribution >= 4 is 76.0 Å². The number of phenols is 1. The Morgan fingerprint density at radius 3 is 1.68 bits per heavy atom. The van der Waals surface area contributed by atoms with E-state index in [4.69, 9.17) is 45.9 Å². The predicted molar refractivity (Wildman–Crippen MR) is 310 cm³/mol. The topological polar surface area (TPSA) is 498 Å². The first-order valence-corrected chi connectivity index (χ1v) is 27.3. The van der Waals surface area contributed by atoms with Gasteiger partial charge in [-0.25, -0.2) is 4.79 Å². The van der Waals surface area contributed by atoms with Crippen LogP contribution < -0.4 is 77.8 Å². The Morgan fingerprint density at radius 1 is 0.573 bits per heavy atom. The van der Waals surface area contributed by atoms with E-state index in [1.165, 1.54) is 36.1 Å². The highest BCUT2D eigenvalue weighted by atomic mass is 16.4. The highest BCUT2D eigenvalue weighted by Crippen LogP contribution is 2.22. The van der Waals surface area contributed by atoms with Crippen molar-refractivity contribution in [2.45, 2.75) is 139 Å². The van der Waals surface area contributed by atoms with Crippen molar-refractivity contribution in [3.05, 3.63) is 77.9 Å². The summed E-state index contributed by atoms with van der Waals surface area (Å²) in [7, 11) is 0. The number of carboxylic acid groups (broad SMARTS) is 1. The SMILES string of the molecule is C[C@H](NC(=O)[C@H](Cc1ccc(O)cc1)NC(=O)[C@@H]1CCCN1C(=O)[C@@H](CCCCN)NC(=O)[C@H](Cc1ccc2ccccc2c1)NC(=O)[C@H](CCCN=C(N)N)NC(=O)[C@@H](N)CCCN=C(N)N)C(=O)N[C@@H](CCCN=C(N)N)C(=O)O. The second kappa shape index (κ2) is 33.7. The molecule has 0 spiro atoms. The van der Waals surface area contributed by atoms with Crippen LogP contribution in [0.3, 0.4) is 0 Å². The van der Waals surface area contributed by atoms with Crippen molar-refractivity contribution in [1.82, 2.24) is 36.8 Å². The van der Waals surface area contributed by atoms with Gasteiger partial charge in [-0.1, -0.05) is 54.6 Å². The van der Waals surface area contributed by atoms with Gasteiger partial charge in [0.15, 0.2) is 17.9 Å². The van der Waals surface area contributed by atoms with Crippen LogP contribution in [0.25, 0.3) is 10.8 Å². The van der Waals surface area contributed by atoms with E-state index in [1.54, 1.807) is 0 Å². The summed E-state index contributed by atoms with van der Waals surface area (Å²) in [5.41, 5.74) is 45.9. The summed E-state index contributed by atoms with van der Waals surface area (Å²) in [6.07, 6.45) is 2.27. The molecule has 1 aliphatic heterocycles. The molecule has 0 saturated carbocycles. The number of nitrogens with one attached hydrogen (secondary N) is 6. The monoisotopic (exact) mass is 1140 g/mol. The number of carbonyl (C=O) groups is 8. The molecule has 1 saturated heterocycles. The fraction of sp³-hybridized carbons (Fsp3) is 0.500. The number of aliphatic imine (C=N–C) groups is 3. The largest absolute Gasteiger partial charge is 0.508 e. The maximum Gasteiger partial charge on any atom is 0.326 e. The summed E-state index contributed by atoms with van der Waals surface area (Å²) < 4.78 is 0. The fourth-order valence-electron chi connectivity index (χ4n) is 9.09. The molecule has 0 aromatic heterocycles. The van der Waals surface area contributed by atoms with Gasteiger partial charge in [0.05, 0.1) is 6.04 Å². The molecule has 82 heavy (non-hydrogen) atoms. The van der Waals surface area contributed by atoms with Gasteiger partial charge in [0.25, 0.3) is 0 Å². The number of likely N-dealkylation sites (tertiary alicyclic amines) is 1. The third-order valence-corrected chi connectivity index (χ3v) is 13.5. The number of benzene rings is 3. The van der Waals surface area contributed by atoms with Gasteiger partial charge in [-0.15, -0.1) is 0 Å². The fourth-order valence-corrected chi connectivity index (χ4v) is 9.09. The summed E-state index contributed by atoms with van der Waals surface area (Å²) in [6, 6.07) is 8.97. The first-order chi connectivity index (χ1) is 39.1. The third kappa shape index (κ3) is 22.4. The molecule has 4 rings (SSSR count). The number of guanidine groups is 3. The Morgan fingerprint density at radius 2 is 1.07 bits per heavy atom. The average Bonchev–Trinajstić information content (AvgIpc) is 4.00. The number of nitrogens with zero attached hydrogens (tertiary/aromatic N) is 4. The van der Waals surface area contributed by atoms with Crippen molar-refractivity contribution in [3.63, 3.8) is 0 Å². The lowest BCUT2D eigenvalue weighted by molar-refractivity contribution is -0.143. The first kappa shape index (κ1) is 65.7. The van der Waals surface area contributed by atoms with E-state index in [9.17, 15) is 48.6 Å². The lowest BCUT2D eigenvalue weighted by Crippen LogP contribution is -2.60. The molecule has 1 heterocycles. The summed E-state index contributed by atoms with van der Waals surface area (Å²) in [4.78, 5) is 124. The molecule has 0 aliphatic carbocycles. The molecule has 3 aromatic carbocycles. The zero-order valence-electron chi connectivity index (χ0n) is 46.3. The molecule has 7 amide bonds. The van der Waals surface area contributed by atoms with Crippen LogP contribution in [-0.2, 0) is 51.2 Å². The van der Waals surface area contributed by atoms with Gasteiger partial charge < -0.3 is 92.9 Å². The molecule has 448 valence electrons. The molecule has 0 radical (unpaired) electrons. The summed E-state index contributed by atoms with van der Waals surface area (Å²) in [5, 5.41) is 37.6. The van der Waals surface area contributed by atoms with Crippen molar-refractivity contribution in [2.75, 3.05) is 32.7 Å². The predicted octanol–water partition coefficient (Wildman–Crippen LogP) is -3.05. The summed E-state index contributed by atoms with van der Waals surface area (Å²) in [6.45, 7) is 2.15. The molecule has 1 fully saturated rings. The van der Waals surface area contributed by atoms with Crippen LogP contribution in [0.15, 0.2) is 81.7 Å². The van der Waals surface area contributed by atoms with E-state index in [2.05, 4.69) is 46.9 Å². The highest BCUT2D eigenvalue weighted by Gasteiger charge is 2.40. The molecule has 28 nitrogen and oxygen atoms in total. The minimum Gasteiger partial charge on any atom is -0.508 e. The van der Waals surface area contributed by atoms with Crippen LogP contribution in [-0.4, -0.2) is 161 Å². The number of phenolic OH excluding ortho intramolecular Hbond substituents is 1. The zero-order chi connectivity index (χ0) is 60.3. The van der Waals surface area contributed by atoms with E-state index < -0.39 is 95.7 Å². The summed E-state index contributed by atoms with van der Waals surface area (Å²) in [5.74, 6) is -6.97. The maximum absolute atomic E-state index is 14.9. The van der Waals surface area contributed by atoms with Gasteiger partial charge in [0.2, 0.25) is 41.4 Å². The number of aliphatic carboxylic acids is 1. The van der Waals surface area contributed by atoms with Crippen LogP contribution >= 0.6 is 0 Å². The summed E-state index contributed by atoms with van der Waals surface area (Å²) >= 11 is 0. The van der Waals surface area contributed by atoms with Crippen LogP contribution in [0.5, 0.6) is 5.75 Å². The van der Waals surface area contributed by atoms with Crippen LogP contribution in [0.1, 0.15) is 88.7 Å². The van der Waals surface area contributed by atoms with E-state index in [-0.39, 0.29) is 114 Å². The number of hydrogen-bond acceptors (Lipinski definition) is 14. The Balaban J connectivity index is 1.61. The Kier molecular flexibility index (Phi) is 27.0. The lowest BCUT2D eigenvalue weighted by Gasteiger charge is -2.31. The number of carboxylic acids is 1. The number of aromatic hydroxyl groups is 1. The second-order valence-corrected chi connectivity index (χ2v) is 20.1. The first-order valence-electron chi connectivity index (χ1n) is 27.3. The minimum atomic E-state index is -1.36. The number of amides is 7. The lowest BCUT2D eigenvalue weighted by atomic mass is 9.99. The maximum atomic E-state index is 14.9. The average molecular weight is 1140 g/mol. The highest BCUT2D eigenvalue weighted by molar-refractivity contribution is 5.98. The number of carbonyl (C=O) groups excluding carboxylic acids is 7. The van der Waals surface area contributed by atoms with Gasteiger partial charge in [0, 0.05) is 39.0 Å². The van der Waals surface area contributed by atoms with Crippen molar-refractivity contribution < 1.29 is 48.6 Å². The van der Waals surface area contributed by atoms with Gasteiger partial charge >= 0.3 is 5.97 Å². The Bertz CT molecular complexity index is 2730.